The summed E-state index contributed by atoms with van der Waals surface area (Å²) in [6.07, 6.45) is 4.61. The maximum Gasteiger partial charge on any atom is 0.500 e. The fourth-order valence-electron chi connectivity index (χ4n) is 2.72. The SMILES string of the molecule is CCCCN(CCCC)[Si](CC[Si](OC)(OC)OC)(OC)OC. The van der Waals surface area contributed by atoms with Crippen LogP contribution in [-0.2, 0) is 22.1 Å². The molecular weight excluding hydrogens is 330 g/mol. The van der Waals surface area contributed by atoms with Gasteiger partial charge in [-0.2, -0.15) is 0 Å². The van der Waals surface area contributed by atoms with E-state index in [1.165, 1.54) is 0 Å². The van der Waals surface area contributed by atoms with Crippen LogP contribution in [-0.4, -0.2) is 70.7 Å². The summed E-state index contributed by atoms with van der Waals surface area (Å²) in [7, 11) is 3.36. The molecule has 0 heterocycles. The molecule has 0 fully saturated rings. The summed E-state index contributed by atoms with van der Waals surface area (Å²) < 4.78 is 31.0. The summed E-state index contributed by atoms with van der Waals surface area (Å²) in [6.45, 7) is 6.43. The van der Waals surface area contributed by atoms with Crippen LogP contribution in [0.2, 0.25) is 12.1 Å². The van der Waals surface area contributed by atoms with E-state index in [1.807, 2.05) is 0 Å². The summed E-state index contributed by atoms with van der Waals surface area (Å²) in [4.78, 5) is 0. The normalized spacial score (nSPS) is 13.0. The van der Waals surface area contributed by atoms with Gasteiger partial charge in [-0.25, -0.2) is 0 Å². The maximum atomic E-state index is 5.97. The third kappa shape index (κ3) is 6.91. The first-order valence-corrected chi connectivity index (χ1v) is 12.4. The summed E-state index contributed by atoms with van der Waals surface area (Å²) in [5.74, 6) is 0. The second-order valence-electron chi connectivity index (χ2n) is 5.61. The summed E-state index contributed by atoms with van der Waals surface area (Å²) in [5, 5.41) is 0. The van der Waals surface area contributed by atoms with E-state index in [2.05, 4.69) is 18.4 Å². The predicted octanol–water partition coefficient (Wildman–Crippen LogP) is 3.00. The smallest absolute Gasteiger partial charge is 0.386 e. The van der Waals surface area contributed by atoms with Crippen LogP contribution >= 0.6 is 0 Å². The lowest BCUT2D eigenvalue weighted by Gasteiger charge is -2.39. The van der Waals surface area contributed by atoms with Crippen molar-refractivity contribution in [3.05, 3.63) is 0 Å². The lowest BCUT2D eigenvalue weighted by Crippen LogP contribution is -2.59. The Hall–Kier alpha value is 0.194. The monoisotopic (exact) mass is 367 g/mol. The molecule has 0 unspecified atom stereocenters. The van der Waals surface area contributed by atoms with Gasteiger partial charge in [0.25, 0.3) is 0 Å². The fraction of sp³-hybridized carbons (Fsp3) is 1.00. The second-order valence-corrected chi connectivity index (χ2v) is 12.1. The van der Waals surface area contributed by atoms with Crippen molar-refractivity contribution in [1.29, 1.82) is 0 Å². The zero-order chi connectivity index (χ0) is 17.8. The topological polar surface area (TPSA) is 49.4 Å². The van der Waals surface area contributed by atoms with Gasteiger partial charge in [0, 0.05) is 47.6 Å². The zero-order valence-electron chi connectivity index (χ0n) is 16.1. The van der Waals surface area contributed by atoms with Crippen molar-refractivity contribution in [1.82, 2.24) is 4.57 Å². The highest BCUT2D eigenvalue weighted by Crippen LogP contribution is 2.26. The van der Waals surface area contributed by atoms with Crippen LogP contribution in [0.5, 0.6) is 0 Å². The molecule has 0 saturated heterocycles. The van der Waals surface area contributed by atoms with Crippen LogP contribution in [0, 0.1) is 0 Å². The third-order valence-corrected chi connectivity index (χ3v) is 11.2. The van der Waals surface area contributed by atoms with E-state index >= 15 is 0 Å². The average molecular weight is 368 g/mol. The first-order valence-electron chi connectivity index (χ1n) is 8.54. The minimum absolute atomic E-state index is 0.694. The molecule has 6 nitrogen and oxygen atoms in total. The quantitative estimate of drug-likeness (QED) is 0.415. The molecule has 0 aromatic carbocycles. The van der Waals surface area contributed by atoms with E-state index in [4.69, 9.17) is 22.1 Å². The van der Waals surface area contributed by atoms with Crippen molar-refractivity contribution in [3.8, 4) is 0 Å². The van der Waals surface area contributed by atoms with Gasteiger partial charge in [-0.3, -0.25) is 4.57 Å². The molecule has 0 aromatic heterocycles. The Bertz CT molecular complexity index is 273. The standard InChI is InChI=1S/C15H37NO5Si2/c1-8-10-12-16(13-11-9-2)22(17-3,18-4)14-15-23(19-5,20-6)21-7/h8-15H2,1-7H3. The average Bonchev–Trinajstić information content (AvgIpc) is 2.61. The molecular formula is C15H37NO5Si2. The lowest BCUT2D eigenvalue weighted by molar-refractivity contribution is 0.119. The fourth-order valence-corrected chi connectivity index (χ4v) is 8.73. The third-order valence-electron chi connectivity index (χ3n) is 4.36. The van der Waals surface area contributed by atoms with Crippen LogP contribution in [0.1, 0.15) is 39.5 Å². The molecule has 0 aromatic rings. The molecule has 0 saturated carbocycles. The minimum atomic E-state index is -2.62. The van der Waals surface area contributed by atoms with Gasteiger partial charge in [0.05, 0.1) is 0 Å². The summed E-state index contributed by atoms with van der Waals surface area (Å²) in [5.41, 5.74) is 0. The van der Waals surface area contributed by atoms with E-state index < -0.39 is 17.5 Å². The molecule has 0 aliphatic heterocycles. The predicted molar refractivity (Wildman–Crippen MR) is 97.6 cm³/mol. The Morgan fingerprint density at radius 3 is 1.39 bits per heavy atom. The van der Waals surface area contributed by atoms with Crippen molar-refractivity contribution in [2.75, 3.05) is 48.6 Å². The molecule has 0 spiro atoms. The van der Waals surface area contributed by atoms with Gasteiger partial charge in [0.2, 0.25) is 0 Å². The largest absolute Gasteiger partial charge is 0.500 e. The van der Waals surface area contributed by atoms with Crippen molar-refractivity contribution < 1.29 is 22.1 Å². The molecule has 0 aliphatic rings. The van der Waals surface area contributed by atoms with E-state index in [0.29, 0.717) is 6.04 Å². The Balaban J connectivity index is 5.15. The second kappa shape index (κ2) is 12.5. The Morgan fingerprint density at radius 1 is 0.652 bits per heavy atom. The molecule has 0 aliphatic carbocycles. The number of hydrogen-bond acceptors (Lipinski definition) is 6. The van der Waals surface area contributed by atoms with Gasteiger partial charge < -0.3 is 22.1 Å². The maximum absolute atomic E-state index is 5.97. The first kappa shape index (κ1) is 23.2. The van der Waals surface area contributed by atoms with Crippen LogP contribution in [0.15, 0.2) is 0 Å². The molecule has 0 N–H and O–H groups in total. The highest BCUT2D eigenvalue weighted by atomic mass is 28.4. The Morgan fingerprint density at radius 2 is 1.09 bits per heavy atom. The summed E-state index contributed by atoms with van der Waals surface area (Å²) in [6, 6.07) is 1.47. The van der Waals surface area contributed by atoms with E-state index in [0.717, 1.165) is 44.8 Å². The van der Waals surface area contributed by atoms with Gasteiger partial charge >= 0.3 is 17.5 Å². The van der Waals surface area contributed by atoms with Crippen molar-refractivity contribution >= 4 is 17.5 Å². The van der Waals surface area contributed by atoms with Gasteiger partial charge in [-0.15, -0.1) is 0 Å². The van der Waals surface area contributed by atoms with Crippen LogP contribution < -0.4 is 0 Å². The number of unbranched alkanes of at least 4 members (excludes halogenated alkanes) is 2. The number of nitrogens with zero attached hydrogens (tertiary/aromatic N) is 1. The number of hydrogen-bond donors (Lipinski definition) is 0. The molecule has 140 valence electrons. The van der Waals surface area contributed by atoms with Crippen LogP contribution in [0.3, 0.4) is 0 Å². The molecule has 0 amide bonds. The van der Waals surface area contributed by atoms with E-state index in [9.17, 15) is 0 Å². The lowest BCUT2D eigenvalue weighted by atomic mass is 10.3. The van der Waals surface area contributed by atoms with Crippen molar-refractivity contribution in [3.63, 3.8) is 0 Å². The Kier molecular flexibility index (Phi) is 12.6. The highest BCUT2D eigenvalue weighted by molar-refractivity contribution is 6.68. The van der Waals surface area contributed by atoms with Gasteiger partial charge in [0.15, 0.2) is 0 Å². The highest BCUT2D eigenvalue weighted by Gasteiger charge is 2.48. The first-order chi connectivity index (χ1) is 11.0. The van der Waals surface area contributed by atoms with E-state index in [-0.39, 0.29) is 0 Å². The molecule has 8 heteroatoms. The molecule has 0 atom stereocenters. The number of rotatable bonds is 15. The molecule has 0 radical (unpaired) electrons. The Labute approximate surface area is 145 Å². The van der Waals surface area contributed by atoms with Crippen LogP contribution in [0.25, 0.3) is 0 Å². The molecule has 23 heavy (non-hydrogen) atoms. The van der Waals surface area contributed by atoms with Crippen molar-refractivity contribution in [2.24, 2.45) is 0 Å². The zero-order valence-corrected chi connectivity index (χ0v) is 18.1. The van der Waals surface area contributed by atoms with E-state index in [1.54, 1.807) is 35.5 Å². The van der Waals surface area contributed by atoms with Crippen LogP contribution in [0.4, 0.5) is 0 Å². The summed E-state index contributed by atoms with van der Waals surface area (Å²) >= 11 is 0. The van der Waals surface area contributed by atoms with Gasteiger partial charge in [-0.05, 0) is 25.9 Å². The minimum Gasteiger partial charge on any atom is -0.386 e. The molecule has 0 bridgehead atoms. The van der Waals surface area contributed by atoms with Gasteiger partial charge in [0.1, 0.15) is 0 Å². The van der Waals surface area contributed by atoms with Gasteiger partial charge in [-0.1, -0.05) is 26.7 Å². The molecule has 0 rings (SSSR count). The van der Waals surface area contributed by atoms with Crippen molar-refractivity contribution in [2.45, 2.75) is 51.6 Å².